The molecule has 5 heteroatoms. The molecule has 0 bridgehead atoms. The first-order valence-electron chi connectivity index (χ1n) is 8.45. The Kier molecular flexibility index (Phi) is 17.8. The van der Waals surface area contributed by atoms with E-state index in [0.29, 0.717) is 14.9 Å². The molecule has 0 aromatic carbocycles. The van der Waals surface area contributed by atoms with Crippen molar-refractivity contribution < 1.29 is 14.7 Å². The van der Waals surface area contributed by atoms with Crippen LogP contribution in [0, 0.1) is 0 Å². The predicted octanol–water partition coefficient (Wildman–Crippen LogP) is 4.31. The van der Waals surface area contributed by atoms with E-state index in [1.165, 1.54) is 77.0 Å². The summed E-state index contributed by atoms with van der Waals surface area (Å²) in [6.45, 7) is 2.27. The summed E-state index contributed by atoms with van der Waals surface area (Å²) >= 11 is 0. The van der Waals surface area contributed by atoms with E-state index in [4.69, 9.17) is 10.0 Å². The molecular weight excluding hydrogens is 270 g/mol. The van der Waals surface area contributed by atoms with Gasteiger partial charge in [-0.25, -0.2) is 0 Å². The van der Waals surface area contributed by atoms with E-state index in [2.05, 4.69) is 11.6 Å². The minimum atomic E-state index is -1.59. The Labute approximate surface area is 127 Å². The Hall–Kier alpha value is 0.375. The molecule has 20 heavy (non-hydrogen) atoms. The highest BCUT2D eigenvalue weighted by Crippen LogP contribution is 2.16. The van der Waals surface area contributed by atoms with Crippen molar-refractivity contribution in [2.75, 3.05) is 12.5 Å². The summed E-state index contributed by atoms with van der Waals surface area (Å²) in [6, 6.07) is 0. The van der Waals surface area contributed by atoms with Crippen molar-refractivity contribution >= 4 is 15.9 Å². The highest BCUT2D eigenvalue weighted by molar-refractivity contribution is 7.37. The molecule has 0 spiro atoms. The molecule has 0 heterocycles. The predicted molar refractivity (Wildman–Crippen MR) is 90.4 cm³/mol. The Morgan fingerprint density at radius 1 is 0.750 bits per heavy atom. The fraction of sp³-hybridized carbons (Fsp3) is 1.00. The molecule has 1 atom stereocenters. The molecule has 1 unspecified atom stereocenters. The zero-order valence-electron chi connectivity index (χ0n) is 13.3. The standard InChI is InChI=1S/C15H34BO3P/c1-2-3-4-5-6-7-8-9-10-11-12-13-14-20-15-19-16(17)18/h17-18,20H,2-15H2,1H3. The van der Waals surface area contributed by atoms with Gasteiger partial charge in [-0.2, -0.15) is 0 Å². The van der Waals surface area contributed by atoms with Crippen molar-refractivity contribution in [1.29, 1.82) is 0 Å². The summed E-state index contributed by atoms with van der Waals surface area (Å²) in [6.07, 6.45) is 18.2. The SMILES string of the molecule is CCCCCCCCCCCCCCPCOB(O)O. The molecule has 0 amide bonds. The zero-order valence-corrected chi connectivity index (χ0v) is 14.3. The van der Waals surface area contributed by atoms with Crippen molar-refractivity contribution in [3.05, 3.63) is 0 Å². The van der Waals surface area contributed by atoms with E-state index >= 15 is 0 Å². The Bertz CT molecular complexity index is 183. The van der Waals surface area contributed by atoms with Gasteiger partial charge in [-0.15, -0.1) is 0 Å². The van der Waals surface area contributed by atoms with Crippen molar-refractivity contribution in [3.8, 4) is 0 Å². The third kappa shape index (κ3) is 18.4. The first kappa shape index (κ1) is 20.4. The molecular formula is C15H34BO3P. The van der Waals surface area contributed by atoms with Gasteiger partial charge in [0.05, 0.1) is 6.35 Å². The van der Waals surface area contributed by atoms with Gasteiger partial charge in [0.25, 0.3) is 0 Å². The van der Waals surface area contributed by atoms with Gasteiger partial charge in [0.1, 0.15) is 0 Å². The fourth-order valence-corrected chi connectivity index (χ4v) is 3.21. The minimum absolute atomic E-state index is 0.482. The summed E-state index contributed by atoms with van der Waals surface area (Å²) in [5.74, 6) is 0. The Morgan fingerprint density at radius 3 is 1.65 bits per heavy atom. The van der Waals surface area contributed by atoms with E-state index in [0.717, 1.165) is 6.16 Å². The average Bonchev–Trinajstić information content (AvgIpc) is 2.43. The first-order valence-corrected chi connectivity index (χ1v) is 9.87. The molecule has 0 aromatic heterocycles. The van der Waals surface area contributed by atoms with Gasteiger partial charge < -0.3 is 14.7 Å². The molecule has 0 saturated carbocycles. The fourth-order valence-electron chi connectivity index (χ4n) is 2.30. The van der Waals surface area contributed by atoms with Crippen LogP contribution in [-0.2, 0) is 4.65 Å². The smallest absolute Gasteiger partial charge is 0.402 e. The van der Waals surface area contributed by atoms with Gasteiger partial charge in [-0.05, 0) is 12.6 Å². The average molecular weight is 304 g/mol. The van der Waals surface area contributed by atoms with Gasteiger partial charge in [0.15, 0.2) is 0 Å². The van der Waals surface area contributed by atoms with Crippen LogP contribution in [0.5, 0.6) is 0 Å². The molecule has 120 valence electrons. The second-order valence-corrected chi connectivity index (χ2v) is 6.82. The third-order valence-corrected chi connectivity index (χ3v) is 4.62. The van der Waals surface area contributed by atoms with Crippen molar-refractivity contribution in [2.45, 2.75) is 84.0 Å². The van der Waals surface area contributed by atoms with Gasteiger partial charge in [0, 0.05) is 0 Å². The van der Waals surface area contributed by atoms with E-state index in [1.54, 1.807) is 0 Å². The number of hydrogen-bond donors (Lipinski definition) is 2. The van der Waals surface area contributed by atoms with Crippen molar-refractivity contribution in [1.82, 2.24) is 0 Å². The summed E-state index contributed by atoms with van der Waals surface area (Å²) in [4.78, 5) is 0. The highest BCUT2D eigenvalue weighted by Gasteiger charge is 2.06. The summed E-state index contributed by atoms with van der Waals surface area (Å²) in [5, 5.41) is 17.0. The number of unbranched alkanes of at least 4 members (excludes halogenated alkanes) is 11. The third-order valence-electron chi connectivity index (χ3n) is 3.54. The number of hydrogen-bond acceptors (Lipinski definition) is 3. The van der Waals surface area contributed by atoms with Crippen molar-refractivity contribution in [3.63, 3.8) is 0 Å². The summed E-state index contributed by atoms with van der Waals surface area (Å²) < 4.78 is 4.67. The van der Waals surface area contributed by atoms with Crippen LogP contribution in [0.3, 0.4) is 0 Å². The van der Waals surface area contributed by atoms with Crippen LogP contribution >= 0.6 is 8.58 Å². The van der Waals surface area contributed by atoms with Gasteiger partial charge in [0.2, 0.25) is 0 Å². The minimum Gasteiger partial charge on any atom is -0.402 e. The van der Waals surface area contributed by atoms with Crippen molar-refractivity contribution in [2.24, 2.45) is 0 Å². The quantitative estimate of drug-likeness (QED) is 0.254. The molecule has 0 saturated heterocycles. The lowest BCUT2D eigenvalue weighted by Crippen LogP contribution is -2.15. The van der Waals surface area contributed by atoms with Gasteiger partial charge in [-0.1, -0.05) is 86.1 Å². The summed E-state index contributed by atoms with van der Waals surface area (Å²) in [5.41, 5.74) is 0. The van der Waals surface area contributed by atoms with Crippen LogP contribution in [0.1, 0.15) is 84.0 Å². The molecule has 0 aliphatic carbocycles. The van der Waals surface area contributed by atoms with Crippen LogP contribution in [0.15, 0.2) is 0 Å². The second-order valence-electron chi connectivity index (χ2n) is 5.53. The van der Waals surface area contributed by atoms with E-state index in [-0.39, 0.29) is 0 Å². The molecule has 0 fully saturated rings. The summed E-state index contributed by atoms with van der Waals surface area (Å²) in [7, 11) is -0.899. The molecule has 0 aliphatic rings. The van der Waals surface area contributed by atoms with Gasteiger partial charge in [-0.3, -0.25) is 0 Å². The second kappa shape index (κ2) is 17.4. The maximum Gasteiger partial charge on any atom is 0.634 e. The van der Waals surface area contributed by atoms with Crippen LogP contribution in [0.4, 0.5) is 0 Å². The largest absolute Gasteiger partial charge is 0.634 e. The van der Waals surface area contributed by atoms with Crippen LogP contribution in [0.25, 0.3) is 0 Å². The van der Waals surface area contributed by atoms with Crippen LogP contribution in [0.2, 0.25) is 0 Å². The van der Waals surface area contributed by atoms with E-state index in [9.17, 15) is 0 Å². The van der Waals surface area contributed by atoms with E-state index < -0.39 is 7.32 Å². The topological polar surface area (TPSA) is 49.7 Å². The number of rotatable bonds is 16. The first-order chi connectivity index (χ1) is 9.77. The maximum absolute atomic E-state index is 8.49. The molecule has 3 nitrogen and oxygen atoms in total. The molecule has 0 rings (SSSR count). The van der Waals surface area contributed by atoms with Crippen LogP contribution in [-0.4, -0.2) is 29.9 Å². The van der Waals surface area contributed by atoms with Gasteiger partial charge >= 0.3 is 7.32 Å². The lowest BCUT2D eigenvalue weighted by Gasteiger charge is -2.04. The maximum atomic E-state index is 8.49. The zero-order chi connectivity index (χ0) is 14.9. The molecule has 0 radical (unpaired) electrons. The molecule has 0 aliphatic heterocycles. The Morgan fingerprint density at radius 2 is 1.20 bits per heavy atom. The molecule has 0 aromatic rings. The normalized spacial score (nSPS) is 11.6. The van der Waals surface area contributed by atoms with E-state index in [1.807, 2.05) is 0 Å². The van der Waals surface area contributed by atoms with Crippen LogP contribution < -0.4 is 0 Å². The lowest BCUT2D eigenvalue weighted by molar-refractivity contribution is 0.219. The lowest BCUT2D eigenvalue weighted by atomic mass is 10.1. The monoisotopic (exact) mass is 304 g/mol. The highest BCUT2D eigenvalue weighted by atomic mass is 31.1. The Balaban J connectivity index is 2.92. The molecule has 2 N–H and O–H groups in total.